The van der Waals surface area contributed by atoms with Gasteiger partial charge < -0.3 is 15.2 Å². The van der Waals surface area contributed by atoms with Crippen molar-refractivity contribution in [1.82, 2.24) is 0 Å². The minimum atomic E-state index is -0.866. The van der Waals surface area contributed by atoms with Crippen LogP contribution >= 0.6 is 0 Å². The number of carbonyl (C=O) groups is 1. The molecule has 3 atom stereocenters. The highest BCUT2D eigenvalue weighted by atomic mass is 16.5. The van der Waals surface area contributed by atoms with Gasteiger partial charge in [-0.25, -0.2) is 4.79 Å². The maximum absolute atomic E-state index is 11.3. The van der Waals surface area contributed by atoms with Crippen molar-refractivity contribution in [3.63, 3.8) is 0 Å². The van der Waals surface area contributed by atoms with Crippen LogP contribution in [0.1, 0.15) is 67.0 Å². The largest absolute Gasteiger partial charge is 0.478 e. The minimum Gasteiger partial charge on any atom is -0.478 e. The Labute approximate surface area is 137 Å². The van der Waals surface area contributed by atoms with Crippen molar-refractivity contribution in [3.05, 3.63) is 29.3 Å². The van der Waals surface area contributed by atoms with Gasteiger partial charge in [-0.3, -0.25) is 0 Å². The van der Waals surface area contributed by atoms with Gasteiger partial charge in [0.1, 0.15) is 0 Å². The van der Waals surface area contributed by atoms with Crippen molar-refractivity contribution in [2.75, 3.05) is 11.9 Å². The fourth-order valence-corrected chi connectivity index (χ4v) is 4.80. The summed E-state index contributed by atoms with van der Waals surface area (Å²) >= 11 is 0. The number of hydrogen-bond acceptors (Lipinski definition) is 3. The SMILES string of the molecule is O=C(O)c1ccc2c(c1)[C@H]1OCCC[C@H]1[C@H](C1CCCCC1)N2. The molecule has 0 aromatic heterocycles. The highest BCUT2D eigenvalue weighted by Crippen LogP contribution is 2.47. The molecule has 0 unspecified atom stereocenters. The third-order valence-corrected chi connectivity index (χ3v) is 5.91. The molecule has 0 spiro atoms. The van der Waals surface area contributed by atoms with E-state index in [0.29, 0.717) is 17.5 Å². The van der Waals surface area contributed by atoms with Gasteiger partial charge in [0.05, 0.1) is 11.7 Å². The van der Waals surface area contributed by atoms with E-state index in [-0.39, 0.29) is 6.10 Å². The summed E-state index contributed by atoms with van der Waals surface area (Å²) in [5, 5.41) is 13.0. The molecule has 2 heterocycles. The fourth-order valence-electron chi connectivity index (χ4n) is 4.80. The van der Waals surface area contributed by atoms with Gasteiger partial charge in [0.15, 0.2) is 0 Å². The molecule has 4 heteroatoms. The molecule has 2 N–H and O–H groups in total. The number of fused-ring (bicyclic) bond motifs is 3. The van der Waals surface area contributed by atoms with Crippen LogP contribution in [-0.4, -0.2) is 23.7 Å². The number of rotatable bonds is 2. The summed E-state index contributed by atoms with van der Waals surface area (Å²) in [5.74, 6) is 0.336. The second kappa shape index (κ2) is 6.16. The van der Waals surface area contributed by atoms with Crippen molar-refractivity contribution >= 4 is 11.7 Å². The Morgan fingerprint density at radius 1 is 1.13 bits per heavy atom. The van der Waals surface area contributed by atoms with E-state index in [1.807, 2.05) is 12.1 Å². The van der Waals surface area contributed by atoms with Crippen molar-refractivity contribution in [3.8, 4) is 0 Å². The standard InChI is InChI=1S/C19H25NO3/c21-19(22)13-8-9-16-15(11-13)18-14(7-4-10-23-18)17(20-16)12-5-2-1-3-6-12/h8-9,11-12,14,17-18,20H,1-7,10H2,(H,21,22)/t14-,17-,18-/m0/s1. The molecule has 1 saturated heterocycles. The Bertz CT molecular complexity index is 594. The van der Waals surface area contributed by atoms with Crippen LogP contribution in [0.2, 0.25) is 0 Å². The van der Waals surface area contributed by atoms with Gasteiger partial charge in [-0.05, 0) is 49.8 Å². The quantitative estimate of drug-likeness (QED) is 0.857. The van der Waals surface area contributed by atoms with Gasteiger partial charge in [-0.15, -0.1) is 0 Å². The Morgan fingerprint density at radius 2 is 1.96 bits per heavy atom. The van der Waals surface area contributed by atoms with Crippen LogP contribution < -0.4 is 5.32 Å². The number of nitrogens with one attached hydrogen (secondary N) is 1. The zero-order valence-electron chi connectivity index (χ0n) is 13.5. The predicted octanol–water partition coefficient (Wildman–Crippen LogP) is 4.23. The molecule has 4 rings (SSSR count). The number of benzene rings is 1. The molecular formula is C19H25NO3. The van der Waals surface area contributed by atoms with Gasteiger partial charge in [-0.1, -0.05) is 19.3 Å². The second-order valence-electron chi connectivity index (χ2n) is 7.27. The molecule has 23 heavy (non-hydrogen) atoms. The molecule has 2 fully saturated rings. The third-order valence-electron chi connectivity index (χ3n) is 5.91. The Morgan fingerprint density at radius 3 is 2.74 bits per heavy atom. The van der Waals surface area contributed by atoms with Crippen LogP contribution in [0.15, 0.2) is 18.2 Å². The molecule has 1 aliphatic carbocycles. The van der Waals surface area contributed by atoms with E-state index in [2.05, 4.69) is 5.32 Å². The zero-order chi connectivity index (χ0) is 15.8. The molecule has 1 saturated carbocycles. The molecule has 4 nitrogen and oxygen atoms in total. The first-order valence-electron chi connectivity index (χ1n) is 8.99. The molecule has 0 bridgehead atoms. The second-order valence-corrected chi connectivity index (χ2v) is 7.27. The van der Waals surface area contributed by atoms with Crippen LogP contribution in [0, 0.1) is 11.8 Å². The summed E-state index contributed by atoms with van der Waals surface area (Å²) in [5.41, 5.74) is 2.48. The number of ether oxygens (including phenoxy) is 1. The Kier molecular flexibility index (Phi) is 4.02. The predicted molar refractivity (Wildman–Crippen MR) is 88.8 cm³/mol. The van der Waals surface area contributed by atoms with E-state index in [1.165, 1.54) is 38.5 Å². The van der Waals surface area contributed by atoms with Crippen molar-refractivity contribution < 1.29 is 14.6 Å². The van der Waals surface area contributed by atoms with Crippen LogP contribution in [0.25, 0.3) is 0 Å². The van der Waals surface area contributed by atoms with Crippen LogP contribution in [0.4, 0.5) is 5.69 Å². The minimum absolute atomic E-state index is 0.0613. The first-order chi connectivity index (χ1) is 11.2. The van der Waals surface area contributed by atoms with Crippen LogP contribution in [0.5, 0.6) is 0 Å². The lowest BCUT2D eigenvalue weighted by Crippen LogP contribution is -2.46. The van der Waals surface area contributed by atoms with Gasteiger partial charge >= 0.3 is 5.97 Å². The molecule has 3 aliphatic rings. The molecule has 1 aromatic carbocycles. The van der Waals surface area contributed by atoms with Crippen molar-refractivity contribution in [2.24, 2.45) is 11.8 Å². The molecule has 0 amide bonds. The molecule has 2 aliphatic heterocycles. The summed E-state index contributed by atoms with van der Waals surface area (Å²) in [6.45, 7) is 0.787. The van der Waals surface area contributed by atoms with E-state index in [0.717, 1.165) is 30.2 Å². The Hall–Kier alpha value is -1.55. The van der Waals surface area contributed by atoms with Crippen LogP contribution in [0.3, 0.4) is 0 Å². The monoisotopic (exact) mass is 315 g/mol. The van der Waals surface area contributed by atoms with E-state index in [9.17, 15) is 9.90 Å². The normalized spacial score (nSPS) is 30.9. The molecular weight excluding hydrogens is 290 g/mol. The van der Waals surface area contributed by atoms with Crippen LogP contribution in [-0.2, 0) is 4.74 Å². The first kappa shape index (κ1) is 15.0. The average molecular weight is 315 g/mol. The summed E-state index contributed by atoms with van der Waals surface area (Å²) in [7, 11) is 0. The summed E-state index contributed by atoms with van der Waals surface area (Å²) < 4.78 is 6.13. The van der Waals surface area contributed by atoms with E-state index in [1.54, 1.807) is 6.07 Å². The lowest BCUT2D eigenvalue weighted by molar-refractivity contribution is -0.0458. The van der Waals surface area contributed by atoms with Crippen molar-refractivity contribution in [1.29, 1.82) is 0 Å². The maximum atomic E-state index is 11.3. The smallest absolute Gasteiger partial charge is 0.335 e. The van der Waals surface area contributed by atoms with E-state index in [4.69, 9.17) is 4.74 Å². The number of carboxylic acids is 1. The van der Waals surface area contributed by atoms with E-state index >= 15 is 0 Å². The maximum Gasteiger partial charge on any atom is 0.335 e. The average Bonchev–Trinajstić information content (AvgIpc) is 2.61. The highest BCUT2D eigenvalue weighted by Gasteiger charge is 2.42. The first-order valence-corrected chi connectivity index (χ1v) is 8.99. The topological polar surface area (TPSA) is 58.6 Å². The number of hydrogen-bond donors (Lipinski definition) is 2. The highest BCUT2D eigenvalue weighted by molar-refractivity contribution is 5.88. The summed E-state index contributed by atoms with van der Waals surface area (Å²) in [6.07, 6.45) is 9.01. The van der Waals surface area contributed by atoms with Gasteiger partial charge in [-0.2, -0.15) is 0 Å². The lowest BCUT2D eigenvalue weighted by Gasteiger charge is -2.47. The third kappa shape index (κ3) is 2.74. The van der Waals surface area contributed by atoms with Gasteiger partial charge in [0.2, 0.25) is 0 Å². The number of aromatic carboxylic acids is 1. The van der Waals surface area contributed by atoms with Gasteiger partial charge in [0, 0.05) is 29.8 Å². The fraction of sp³-hybridized carbons (Fsp3) is 0.632. The molecule has 0 radical (unpaired) electrons. The molecule has 124 valence electrons. The van der Waals surface area contributed by atoms with Gasteiger partial charge in [0.25, 0.3) is 0 Å². The number of carboxylic acid groups (broad SMARTS) is 1. The Balaban J connectivity index is 1.69. The number of anilines is 1. The summed E-state index contributed by atoms with van der Waals surface area (Å²) in [4.78, 5) is 11.3. The zero-order valence-corrected chi connectivity index (χ0v) is 13.5. The summed E-state index contributed by atoms with van der Waals surface area (Å²) in [6, 6.07) is 5.92. The molecule has 1 aromatic rings. The lowest BCUT2D eigenvalue weighted by atomic mass is 9.71. The van der Waals surface area contributed by atoms with E-state index < -0.39 is 5.97 Å². The van der Waals surface area contributed by atoms with Crippen molar-refractivity contribution in [2.45, 2.75) is 57.1 Å².